The number of amides is 1. The average Bonchev–Trinajstić information content (AvgIpc) is 3.11. The number of phenolic OH excluding ortho intramolecular Hbond substituents is 1. The van der Waals surface area contributed by atoms with Gasteiger partial charge in [-0.25, -0.2) is 0 Å². The Labute approximate surface area is 139 Å². The molecule has 24 heavy (non-hydrogen) atoms. The van der Waals surface area contributed by atoms with Crippen LogP contribution in [0.1, 0.15) is 11.3 Å². The van der Waals surface area contributed by atoms with E-state index in [-0.39, 0.29) is 17.9 Å². The molecule has 122 valence electrons. The van der Waals surface area contributed by atoms with Crippen molar-refractivity contribution in [3.05, 3.63) is 65.6 Å². The maximum absolute atomic E-state index is 11.9. The molecule has 0 aliphatic rings. The highest BCUT2D eigenvalue weighted by Crippen LogP contribution is 2.26. The summed E-state index contributed by atoms with van der Waals surface area (Å²) in [6.07, 6.45) is 6.20. The average molecular weight is 324 g/mol. The van der Waals surface area contributed by atoms with Gasteiger partial charge in [-0.2, -0.15) is 5.26 Å². The fourth-order valence-corrected chi connectivity index (χ4v) is 1.89. The first kappa shape index (κ1) is 16.9. The SMILES string of the molecule is COc1cc(/C=C/C=C(\C#N)C(=O)NCc2ccco2)ccc1O. The Morgan fingerprint density at radius 3 is 2.96 bits per heavy atom. The maximum Gasteiger partial charge on any atom is 0.262 e. The third-order valence-electron chi connectivity index (χ3n) is 3.12. The summed E-state index contributed by atoms with van der Waals surface area (Å²) in [5.41, 5.74) is 0.734. The van der Waals surface area contributed by atoms with Gasteiger partial charge >= 0.3 is 0 Å². The highest BCUT2D eigenvalue weighted by Gasteiger charge is 2.08. The van der Waals surface area contributed by atoms with E-state index < -0.39 is 5.91 Å². The molecule has 0 saturated carbocycles. The lowest BCUT2D eigenvalue weighted by molar-refractivity contribution is -0.117. The largest absolute Gasteiger partial charge is 0.504 e. The number of nitrogens with one attached hydrogen (secondary N) is 1. The zero-order valence-corrected chi connectivity index (χ0v) is 13.0. The van der Waals surface area contributed by atoms with E-state index in [1.54, 1.807) is 36.4 Å². The normalized spacial score (nSPS) is 11.2. The van der Waals surface area contributed by atoms with Crippen molar-refractivity contribution in [2.75, 3.05) is 7.11 Å². The van der Waals surface area contributed by atoms with Crippen LogP contribution < -0.4 is 10.1 Å². The Morgan fingerprint density at radius 2 is 2.29 bits per heavy atom. The van der Waals surface area contributed by atoms with Gasteiger partial charge in [-0.1, -0.05) is 18.2 Å². The van der Waals surface area contributed by atoms with Crippen LogP contribution in [0.4, 0.5) is 0 Å². The lowest BCUT2D eigenvalue weighted by atomic mass is 10.1. The van der Waals surface area contributed by atoms with Crippen LogP contribution in [0.15, 0.2) is 58.7 Å². The molecule has 0 fully saturated rings. The van der Waals surface area contributed by atoms with E-state index in [0.717, 1.165) is 5.56 Å². The lowest BCUT2D eigenvalue weighted by Crippen LogP contribution is -2.23. The van der Waals surface area contributed by atoms with Crippen LogP contribution in [-0.2, 0) is 11.3 Å². The lowest BCUT2D eigenvalue weighted by Gasteiger charge is -2.03. The van der Waals surface area contributed by atoms with Crippen LogP contribution >= 0.6 is 0 Å². The predicted molar refractivity (Wildman–Crippen MR) is 87.9 cm³/mol. The van der Waals surface area contributed by atoms with E-state index in [0.29, 0.717) is 11.5 Å². The van der Waals surface area contributed by atoms with E-state index in [9.17, 15) is 9.90 Å². The van der Waals surface area contributed by atoms with Gasteiger partial charge in [0.05, 0.1) is 19.9 Å². The Hall–Kier alpha value is -3.46. The summed E-state index contributed by atoms with van der Waals surface area (Å²) in [5.74, 6) is 0.507. The van der Waals surface area contributed by atoms with Gasteiger partial charge in [0, 0.05) is 0 Å². The molecule has 2 N–H and O–H groups in total. The van der Waals surface area contributed by atoms with Gasteiger partial charge in [-0.3, -0.25) is 4.79 Å². The third kappa shape index (κ3) is 4.52. The Morgan fingerprint density at radius 1 is 1.46 bits per heavy atom. The first-order chi connectivity index (χ1) is 11.6. The number of phenols is 1. The topological polar surface area (TPSA) is 95.5 Å². The number of carbonyl (C=O) groups excluding carboxylic acids is 1. The Bertz CT molecular complexity index is 799. The first-order valence-electron chi connectivity index (χ1n) is 7.10. The van der Waals surface area contributed by atoms with Gasteiger partial charge in [-0.15, -0.1) is 0 Å². The second-order valence-corrected chi connectivity index (χ2v) is 4.74. The second-order valence-electron chi connectivity index (χ2n) is 4.74. The number of benzene rings is 1. The molecule has 0 aliphatic heterocycles. The maximum atomic E-state index is 11.9. The van der Waals surface area contributed by atoms with E-state index in [4.69, 9.17) is 14.4 Å². The van der Waals surface area contributed by atoms with Crippen molar-refractivity contribution >= 4 is 12.0 Å². The minimum atomic E-state index is -0.484. The molecule has 1 amide bonds. The van der Waals surface area contributed by atoms with Gasteiger partial charge in [0.1, 0.15) is 17.4 Å². The summed E-state index contributed by atoms with van der Waals surface area (Å²) in [7, 11) is 1.46. The molecule has 0 spiro atoms. The number of allylic oxidation sites excluding steroid dienone is 2. The van der Waals surface area contributed by atoms with Crippen LogP contribution in [0.5, 0.6) is 11.5 Å². The number of ether oxygens (including phenoxy) is 1. The molecule has 0 atom stereocenters. The first-order valence-corrected chi connectivity index (χ1v) is 7.10. The highest BCUT2D eigenvalue weighted by atomic mass is 16.5. The molecule has 0 saturated heterocycles. The molecule has 1 aromatic heterocycles. The molecule has 2 rings (SSSR count). The second kappa shape index (κ2) is 8.25. The van der Waals surface area contributed by atoms with Crippen molar-refractivity contribution in [3.8, 4) is 17.6 Å². The quantitative estimate of drug-likeness (QED) is 0.484. The number of hydrogen-bond donors (Lipinski definition) is 2. The number of rotatable bonds is 6. The summed E-state index contributed by atoms with van der Waals surface area (Å²) >= 11 is 0. The van der Waals surface area contributed by atoms with Crippen LogP contribution in [-0.4, -0.2) is 18.1 Å². The van der Waals surface area contributed by atoms with E-state index in [2.05, 4.69) is 5.32 Å². The summed E-state index contributed by atoms with van der Waals surface area (Å²) in [4.78, 5) is 11.9. The summed E-state index contributed by atoms with van der Waals surface area (Å²) < 4.78 is 10.1. The van der Waals surface area contributed by atoms with Gasteiger partial charge in [0.15, 0.2) is 11.5 Å². The third-order valence-corrected chi connectivity index (χ3v) is 3.12. The Kier molecular flexibility index (Phi) is 5.81. The molecule has 1 heterocycles. The monoisotopic (exact) mass is 324 g/mol. The zero-order valence-electron chi connectivity index (χ0n) is 13.0. The molecular weight excluding hydrogens is 308 g/mol. The van der Waals surface area contributed by atoms with Crippen molar-refractivity contribution < 1.29 is 19.1 Å². The number of nitriles is 1. The molecule has 0 unspecified atom stereocenters. The van der Waals surface area contributed by atoms with Crippen LogP contribution in [0, 0.1) is 11.3 Å². The van der Waals surface area contributed by atoms with Gasteiger partial charge < -0.3 is 19.6 Å². The highest BCUT2D eigenvalue weighted by molar-refractivity contribution is 5.97. The number of carbonyl (C=O) groups is 1. The van der Waals surface area contributed by atoms with Gasteiger partial charge in [-0.05, 0) is 35.9 Å². The molecule has 6 heteroatoms. The molecule has 0 radical (unpaired) electrons. The smallest absolute Gasteiger partial charge is 0.262 e. The number of methoxy groups -OCH3 is 1. The Balaban J connectivity index is 2.02. The van der Waals surface area contributed by atoms with Crippen LogP contribution in [0.2, 0.25) is 0 Å². The number of nitrogens with zero attached hydrogens (tertiary/aromatic N) is 1. The molecule has 6 nitrogen and oxygen atoms in total. The molecule has 0 bridgehead atoms. The standard InChI is InChI=1S/C18H16N2O4/c1-23-17-10-13(7-8-16(17)21)4-2-5-14(11-19)18(22)20-12-15-6-3-9-24-15/h2-10,21H,12H2,1H3,(H,20,22)/b4-2+,14-5+. The van der Waals surface area contributed by atoms with Gasteiger partial charge in [0.2, 0.25) is 0 Å². The van der Waals surface area contributed by atoms with Crippen molar-refractivity contribution in [3.63, 3.8) is 0 Å². The minimum absolute atomic E-state index is 0.0245. The van der Waals surface area contributed by atoms with Crippen molar-refractivity contribution in [2.24, 2.45) is 0 Å². The summed E-state index contributed by atoms with van der Waals surface area (Å²) in [6.45, 7) is 0.212. The number of furan rings is 1. The van der Waals surface area contributed by atoms with E-state index in [1.165, 1.54) is 25.5 Å². The molecule has 0 aliphatic carbocycles. The fourth-order valence-electron chi connectivity index (χ4n) is 1.89. The molecule has 2 aromatic rings. The predicted octanol–water partition coefficient (Wildman–Crippen LogP) is 2.77. The van der Waals surface area contributed by atoms with Crippen molar-refractivity contribution in [2.45, 2.75) is 6.54 Å². The van der Waals surface area contributed by atoms with Gasteiger partial charge in [0.25, 0.3) is 5.91 Å². The van der Waals surface area contributed by atoms with E-state index in [1.807, 2.05) is 6.07 Å². The fraction of sp³-hybridized carbons (Fsp3) is 0.111. The van der Waals surface area contributed by atoms with Crippen LogP contribution in [0.3, 0.4) is 0 Å². The summed E-state index contributed by atoms with van der Waals surface area (Å²) in [6, 6.07) is 10.1. The van der Waals surface area contributed by atoms with E-state index >= 15 is 0 Å². The van der Waals surface area contributed by atoms with Crippen molar-refractivity contribution in [1.29, 1.82) is 5.26 Å². The van der Waals surface area contributed by atoms with Crippen LogP contribution in [0.25, 0.3) is 6.08 Å². The molecular formula is C18H16N2O4. The zero-order chi connectivity index (χ0) is 17.4. The van der Waals surface area contributed by atoms with Crippen molar-refractivity contribution in [1.82, 2.24) is 5.32 Å². The molecule has 1 aromatic carbocycles. The minimum Gasteiger partial charge on any atom is -0.504 e. The number of hydrogen-bond acceptors (Lipinski definition) is 5. The summed E-state index contributed by atoms with van der Waals surface area (Å²) in [5, 5.41) is 21.2. The number of aromatic hydroxyl groups is 1.